The average molecular weight is 471 g/mol. The molecular formula is C29H42O5. The van der Waals surface area contributed by atoms with E-state index in [-0.39, 0.29) is 40.0 Å². The van der Waals surface area contributed by atoms with Gasteiger partial charge in [0.15, 0.2) is 0 Å². The second-order valence-electron chi connectivity index (χ2n) is 12.1. The highest BCUT2D eigenvalue weighted by Crippen LogP contribution is 2.66. The molecule has 1 aromatic rings. The van der Waals surface area contributed by atoms with Gasteiger partial charge in [-0.2, -0.15) is 0 Å². The lowest BCUT2D eigenvalue weighted by atomic mass is 9.43. The van der Waals surface area contributed by atoms with Crippen molar-refractivity contribution in [2.75, 3.05) is 0 Å². The molecule has 188 valence electrons. The number of fused-ring (bicyclic) bond motifs is 4. The Hall–Kier alpha value is -2.04. The molecule has 5 heteroatoms. The van der Waals surface area contributed by atoms with Gasteiger partial charge < -0.3 is 13.9 Å². The zero-order valence-electron chi connectivity index (χ0n) is 22.3. The Labute approximate surface area is 204 Å². The van der Waals surface area contributed by atoms with Crippen LogP contribution < -0.4 is 10.4 Å². The van der Waals surface area contributed by atoms with Gasteiger partial charge >= 0.3 is 11.6 Å². The van der Waals surface area contributed by atoms with E-state index >= 15 is 0 Å². The molecule has 1 aromatic heterocycles. The second kappa shape index (κ2) is 8.57. The lowest BCUT2D eigenvalue weighted by Gasteiger charge is -2.65. The van der Waals surface area contributed by atoms with Gasteiger partial charge in [0.25, 0.3) is 0 Å². The minimum absolute atomic E-state index is 0.0215. The zero-order chi connectivity index (χ0) is 25.1. The molecule has 3 aliphatic rings. The van der Waals surface area contributed by atoms with Gasteiger partial charge in [-0.1, -0.05) is 25.5 Å². The van der Waals surface area contributed by atoms with Crippen molar-refractivity contribution in [1.82, 2.24) is 0 Å². The maximum absolute atomic E-state index is 12.9. The predicted octanol–water partition coefficient (Wildman–Crippen LogP) is 6.46. The SMILES string of the molecule is CC(=O)O[C@H]1CC[C@@]2(C)[C@@H](CC[C@@]3(C)Oc4c(C)c(C)oc(=O)c4C[C@@H]23)[C@]1(C)CCC=C(C)C. The van der Waals surface area contributed by atoms with Gasteiger partial charge in [-0.05, 0) is 90.9 Å². The number of hydrogen-bond acceptors (Lipinski definition) is 5. The molecule has 2 fully saturated rings. The first-order valence-corrected chi connectivity index (χ1v) is 12.9. The van der Waals surface area contributed by atoms with Crippen LogP contribution in [-0.4, -0.2) is 17.7 Å². The summed E-state index contributed by atoms with van der Waals surface area (Å²) in [6.45, 7) is 16.6. The van der Waals surface area contributed by atoms with Gasteiger partial charge in [0.05, 0.1) is 5.56 Å². The Kier molecular flexibility index (Phi) is 6.31. The molecule has 6 atom stereocenters. The highest BCUT2D eigenvalue weighted by Gasteiger charge is 2.64. The third-order valence-electron chi connectivity index (χ3n) is 9.66. The molecule has 1 aliphatic heterocycles. The van der Waals surface area contributed by atoms with Crippen LogP contribution >= 0.6 is 0 Å². The first-order chi connectivity index (χ1) is 15.8. The summed E-state index contributed by atoms with van der Waals surface area (Å²) in [5.74, 6) is 1.78. The Bertz CT molecular complexity index is 1060. The number of aryl methyl sites for hydroxylation is 1. The van der Waals surface area contributed by atoms with E-state index in [0.29, 0.717) is 23.7 Å². The van der Waals surface area contributed by atoms with Gasteiger partial charge in [0.1, 0.15) is 23.2 Å². The molecule has 0 aromatic carbocycles. The molecule has 0 radical (unpaired) electrons. The standard InChI is InChI=1S/C29H42O5/c1-17(2)10-9-13-28(7)22-11-15-29(8)23(27(22,6)14-12-24(28)33-20(5)30)16-21-25(34-29)18(3)19(4)32-26(21)31/h10,22-24H,9,11-16H2,1-8H3/t22-,23+,24+,27+,28+,29-/m1/s1. The monoisotopic (exact) mass is 470 g/mol. The van der Waals surface area contributed by atoms with Crippen molar-refractivity contribution in [1.29, 1.82) is 0 Å². The Morgan fingerprint density at radius 3 is 2.44 bits per heavy atom. The summed E-state index contributed by atoms with van der Waals surface area (Å²) in [5, 5.41) is 0. The van der Waals surface area contributed by atoms with E-state index in [4.69, 9.17) is 13.9 Å². The lowest BCUT2D eigenvalue weighted by Crippen LogP contribution is -2.64. The van der Waals surface area contributed by atoms with E-state index in [0.717, 1.165) is 49.8 Å². The molecule has 2 heterocycles. The molecule has 0 bridgehead atoms. The Morgan fingerprint density at radius 2 is 1.79 bits per heavy atom. The summed E-state index contributed by atoms with van der Waals surface area (Å²) in [7, 11) is 0. The van der Waals surface area contributed by atoms with Gasteiger partial charge in [-0.25, -0.2) is 4.79 Å². The molecule has 0 saturated heterocycles. The van der Waals surface area contributed by atoms with Crippen LogP contribution in [0.2, 0.25) is 0 Å². The van der Waals surface area contributed by atoms with E-state index in [1.165, 1.54) is 12.5 Å². The smallest absolute Gasteiger partial charge is 0.342 e. The molecule has 0 N–H and O–H groups in total. The predicted molar refractivity (Wildman–Crippen MR) is 133 cm³/mol. The van der Waals surface area contributed by atoms with E-state index in [9.17, 15) is 9.59 Å². The Morgan fingerprint density at radius 1 is 1.09 bits per heavy atom. The maximum atomic E-state index is 12.9. The minimum atomic E-state index is -0.321. The van der Waals surface area contributed by atoms with Crippen LogP contribution in [0.1, 0.15) is 97.0 Å². The summed E-state index contributed by atoms with van der Waals surface area (Å²) in [5.41, 5.74) is 2.22. The molecule has 0 unspecified atom stereocenters. The summed E-state index contributed by atoms with van der Waals surface area (Å²) in [6.07, 6.45) is 8.63. The van der Waals surface area contributed by atoms with Crippen LogP contribution in [-0.2, 0) is 16.0 Å². The molecule has 34 heavy (non-hydrogen) atoms. The van der Waals surface area contributed by atoms with Crippen molar-refractivity contribution in [3.05, 3.63) is 39.0 Å². The highest BCUT2D eigenvalue weighted by atomic mass is 16.5. The fourth-order valence-corrected chi connectivity index (χ4v) is 7.78. The lowest BCUT2D eigenvalue weighted by molar-refractivity contribution is -0.209. The van der Waals surface area contributed by atoms with E-state index < -0.39 is 0 Å². The first-order valence-electron chi connectivity index (χ1n) is 12.9. The number of carbonyl (C=O) groups is 1. The van der Waals surface area contributed by atoms with E-state index in [2.05, 4.69) is 40.7 Å². The van der Waals surface area contributed by atoms with Crippen LogP contribution in [0.25, 0.3) is 0 Å². The van der Waals surface area contributed by atoms with Gasteiger partial charge in [-0.15, -0.1) is 0 Å². The topological polar surface area (TPSA) is 65.7 Å². The molecule has 2 aliphatic carbocycles. The first kappa shape index (κ1) is 25.1. The fourth-order valence-electron chi connectivity index (χ4n) is 7.78. The van der Waals surface area contributed by atoms with Crippen LogP contribution in [0.4, 0.5) is 0 Å². The van der Waals surface area contributed by atoms with Gasteiger partial charge in [0.2, 0.25) is 0 Å². The van der Waals surface area contributed by atoms with Crippen molar-refractivity contribution in [3.63, 3.8) is 0 Å². The van der Waals surface area contributed by atoms with Crippen molar-refractivity contribution < 1.29 is 18.7 Å². The van der Waals surface area contributed by atoms with E-state index in [1.807, 2.05) is 13.8 Å². The molecule has 2 saturated carbocycles. The number of hydrogen-bond donors (Lipinski definition) is 0. The van der Waals surface area contributed by atoms with Gasteiger partial charge in [-0.3, -0.25) is 4.79 Å². The van der Waals surface area contributed by atoms with Crippen molar-refractivity contribution in [2.45, 2.75) is 112 Å². The summed E-state index contributed by atoms with van der Waals surface area (Å²) in [6, 6.07) is 0. The Balaban J connectivity index is 1.75. The summed E-state index contributed by atoms with van der Waals surface area (Å²) < 4.78 is 18.3. The largest absolute Gasteiger partial charge is 0.486 e. The van der Waals surface area contributed by atoms with Gasteiger partial charge in [0, 0.05) is 23.8 Å². The van der Waals surface area contributed by atoms with Crippen LogP contribution in [0.5, 0.6) is 5.75 Å². The van der Waals surface area contributed by atoms with Crippen LogP contribution in [0, 0.1) is 36.5 Å². The summed E-state index contributed by atoms with van der Waals surface area (Å²) >= 11 is 0. The molecule has 0 amide bonds. The quantitative estimate of drug-likeness (QED) is 0.373. The van der Waals surface area contributed by atoms with Crippen molar-refractivity contribution >= 4 is 5.97 Å². The van der Waals surface area contributed by atoms with Crippen LogP contribution in [0.3, 0.4) is 0 Å². The normalized spacial score (nSPS) is 36.4. The maximum Gasteiger partial charge on any atom is 0.342 e. The van der Waals surface area contributed by atoms with E-state index in [1.54, 1.807) is 0 Å². The fraction of sp³-hybridized carbons (Fsp3) is 0.724. The van der Waals surface area contributed by atoms with Crippen molar-refractivity contribution in [2.24, 2.45) is 22.7 Å². The van der Waals surface area contributed by atoms with Crippen LogP contribution in [0.15, 0.2) is 20.9 Å². The average Bonchev–Trinajstić information content (AvgIpc) is 2.73. The number of esters is 1. The third kappa shape index (κ3) is 3.93. The molecule has 4 rings (SSSR count). The molecular weight excluding hydrogens is 428 g/mol. The number of allylic oxidation sites excluding steroid dienone is 2. The minimum Gasteiger partial charge on any atom is -0.486 e. The third-order valence-corrected chi connectivity index (χ3v) is 9.66. The second-order valence-corrected chi connectivity index (χ2v) is 12.1. The highest BCUT2D eigenvalue weighted by molar-refractivity contribution is 5.66. The summed E-state index contributed by atoms with van der Waals surface area (Å²) in [4.78, 5) is 24.9. The number of rotatable bonds is 4. The number of carbonyl (C=O) groups excluding carboxylic acids is 1. The molecule has 5 nitrogen and oxygen atoms in total. The number of ether oxygens (including phenoxy) is 2. The van der Waals surface area contributed by atoms with Crippen molar-refractivity contribution in [3.8, 4) is 5.75 Å². The molecule has 0 spiro atoms. The zero-order valence-corrected chi connectivity index (χ0v) is 22.3.